The average molecular weight is 329 g/mol. The zero-order chi connectivity index (χ0) is 17.4. The summed E-state index contributed by atoms with van der Waals surface area (Å²) in [5.74, 6) is -1.04. The maximum atomic E-state index is 12.4. The third-order valence-electron chi connectivity index (χ3n) is 3.91. The predicted molar refractivity (Wildman–Crippen MR) is 86.0 cm³/mol. The molecule has 0 spiro atoms. The first-order chi connectivity index (χ1) is 11.4. The molecule has 1 aromatic carbocycles. The van der Waals surface area contributed by atoms with Gasteiger partial charge in [0.2, 0.25) is 0 Å². The topological polar surface area (TPSA) is 124 Å². The summed E-state index contributed by atoms with van der Waals surface area (Å²) in [6.45, 7) is 1.65. The number of methoxy groups -OCH3 is 1. The summed E-state index contributed by atoms with van der Waals surface area (Å²) in [5, 5.41) is 12.4. The highest BCUT2D eigenvalue weighted by Gasteiger charge is 2.35. The van der Waals surface area contributed by atoms with E-state index >= 15 is 0 Å². The van der Waals surface area contributed by atoms with Crippen LogP contribution < -0.4 is 16.6 Å². The van der Waals surface area contributed by atoms with E-state index in [1.807, 2.05) is 0 Å². The van der Waals surface area contributed by atoms with Crippen molar-refractivity contribution in [1.82, 2.24) is 9.97 Å². The molecule has 0 amide bonds. The minimum Gasteiger partial charge on any atom is -0.508 e. The highest BCUT2D eigenvalue weighted by atomic mass is 16.5. The lowest BCUT2D eigenvalue weighted by Gasteiger charge is -2.28. The highest BCUT2D eigenvalue weighted by Crippen LogP contribution is 2.39. The number of hydrogen-bond donors (Lipinski definition) is 4. The lowest BCUT2D eigenvalue weighted by molar-refractivity contribution is -0.136. The second kappa shape index (κ2) is 5.73. The van der Waals surface area contributed by atoms with Gasteiger partial charge in [-0.1, -0.05) is 12.1 Å². The van der Waals surface area contributed by atoms with Crippen LogP contribution in [-0.2, 0) is 9.53 Å². The van der Waals surface area contributed by atoms with Gasteiger partial charge in [0.05, 0.1) is 24.2 Å². The molecule has 1 atom stereocenters. The Morgan fingerprint density at radius 2 is 1.83 bits per heavy atom. The van der Waals surface area contributed by atoms with Gasteiger partial charge in [-0.05, 0) is 24.6 Å². The van der Waals surface area contributed by atoms with Crippen molar-refractivity contribution in [2.45, 2.75) is 12.8 Å². The van der Waals surface area contributed by atoms with E-state index in [0.717, 1.165) is 0 Å². The lowest BCUT2D eigenvalue weighted by atomic mass is 9.82. The number of esters is 1. The van der Waals surface area contributed by atoms with Crippen molar-refractivity contribution in [3.8, 4) is 5.75 Å². The molecular weight excluding hydrogens is 314 g/mol. The summed E-state index contributed by atoms with van der Waals surface area (Å²) in [4.78, 5) is 40.9. The first-order valence-electron chi connectivity index (χ1n) is 7.14. The lowest BCUT2D eigenvalue weighted by Crippen LogP contribution is -2.34. The second-order valence-electron chi connectivity index (χ2n) is 5.38. The van der Waals surface area contributed by atoms with Gasteiger partial charge in [0, 0.05) is 5.70 Å². The molecule has 3 rings (SSSR count). The molecule has 1 aliphatic heterocycles. The largest absolute Gasteiger partial charge is 0.508 e. The molecular formula is C16H15N3O5. The van der Waals surface area contributed by atoms with Gasteiger partial charge in [0.1, 0.15) is 11.6 Å². The fraction of sp³-hybridized carbons (Fsp3) is 0.188. The maximum Gasteiger partial charge on any atom is 0.336 e. The van der Waals surface area contributed by atoms with Crippen molar-refractivity contribution in [2.24, 2.45) is 0 Å². The Labute approximate surface area is 135 Å². The van der Waals surface area contributed by atoms with Crippen molar-refractivity contribution < 1.29 is 14.6 Å². The number of allylic oxidation sites excluding steroid dienone is 1. The van der Waals surface area contributed by atoms with Crippen LogP contribution in [-0.4, -0.2) is 28.2 Å². The molecule has 8 heteroatoms. The standard InChI is InChI=1S/C16H15N3O5/c1-7-10(15(22)24-2)11(8-3-5-9(20)6-4-8)12-13(17-7)18-16(23)19-14(12)21/h3-6,11,20H,1-2H3,(H3,17,18,19,21,23). The van der Waals surface area contributed by atoms with Crippen molar-refractivity contribution >= 4 is 11.8 Å². The van der Waals surface area contributed by atoms with E-state index < -0.39 is 23.1 Å². The number of carbonyl (C=O) groups excluding carboxylic acids is 1. The van der Waals surface area contributed by atoms with E-state index in [1.54, 1.807) is 19.1 Å². The van der Waals surface area contributed by atoms with Crippen LogP contribution in [0, 0.1) is 0 Å². The molecule has 0 radical (unpaired) electrons. The number of phenolic OH excluding ortho intramolecular Hbond substituents is 1. The number of benzene rings is 1. The number of rotatable bonds is 2. The molecule has 24 heavy (non-hydrogen) atoms. The number of fused-ring (bicyclic) bond motifs is 1. The van der Waals surface area contributed by atoms with Gasteiger partial charge >= 0.3 is 11.7 Å². The molecule has 1 unspecified atom stereocenters. The molecule has 2 aromatic rings. The molecule has 4 N–H and O–H groups in total. The fourth-order valence-corrected chi connectivity index (χ4v) is 2.87. The number of H-pyrrole nitrogens is 2. The van der Waals surface area contributed by atoms with Gasteiger partial charge < -0.3 is 15.2 Å². The summed E-state index contributed by atoms with van der Waals surface area (Å²) in [6.07, 6.45) is 0. The summed E-state index contributed by atoms with van der Waals surface area (Å²) in [6, 6.07) is 6.13. The van der Waals surface area contributed by atoms with Gasteiger partial charge in [-0.2, -0.15) is 0 Å². The molecule has 0 fully saturated rings. The first kappa shape index (κ1) is 15.6. The Morgan fingerprint density at radius 1 is 1.17 bits per heavy atom. The fourth-order valence-electron chi connectivity index (χ4n) is 2.87. The third-order valence-corrected chi connectivity index (χ3v) is 3.91. The van der Waals surface area contributed by atoms with Gasteiger partial charge in [-0.3, -0.25) is 14.8 Å². The summed E-state index contributed by atoms with van der Waals surface area (Å²) < 4.78 is 4.84. The van der Waals surface area contributed by atoms with Crippen molar-refractivity contribution in [2.75, 3.05) is 12.4 Å². The van der Waals surface area contributed by atoms with Gasteiger partial charge in [-0.25, -0.2) is 9.59 Å². The van der Waals surface area contributed by atoms with Crippen LogP contribution in [0.2, 0.25) is 0 Å². The molecule has 8 nitrogen and oxygen atoms in total. The number of anilines is 1. The van der Waals surface area contributed by atoms with Crippen molar-refractivity contribution in [3.05, 3.63) is 67.5 Å². The second-order valence-corrected chi connectivity index (χ2v) is 5.38. The molecule has 124 valence electrons. The van der Waals surface area contributed by atoms with E-state index in [2.05, 4.69) is 15.3 Å². The number of aromatic amines is 2. The molecule has 0 aliphatic carbocycles. The van der Waals surface area contributed by atoms with E-state index in [0.29, 0.717) is 11.3 Å². The van der Waals surface area contributed by atoms with Crippen molar-refractivity contribution in [1.29, 1.82) is 0 Å². The number of phenols is 1. The number of aromatic nitrogens is 2. The Hall–Kier alpha value is -3.29. The van der Waals surface area contributed by atoms with Crippen LogP contribution in [0.15, 0.2) is 45.1 Å². The average Bonchev–Trinajstić information content (AvgIpc) is 2.53. The third kappa shape index (κ3) is 2.47. The van der Waals surface area contributed by atoms with E-state index in [4.69, 9.17) is 4.74 Å². The van der Waals surface area contributed by atoms with Gasteiger partial charge in [0.25, 0.3) is 5.56 Å². The Balaban J connectivity index is 2.31. The van der Waals surface area contributed by atoms with E-state index in [9.17, 15) is 19.5 Å². The maximum absolute atomic E-state index is 12.4. The van der Waals surface area contributed by atoms with E-state index in [-0.39, 0.29) is 22.7 Å². The summed E-state index contributed by atoms with van der Waals surface area (Å²) in [5.41, 5.74) is 0.277. The zero-order valence-corrected chi connectivity index (χ0v) is 13.0. The Morgan fingerprint density at radius 3 is 2.46 bits per heavy atom. The normalized spacial score (nSPS) is 16.3. The number of nitrogens with one attached hydrogen (secondary N) is 3. The molecule has 0 saturated carbocycles. The minimum atomic E-state index is -0.741. The predicted octanol–water partition coefficient (Wildman–Crippen LogP) is 0.773. The van der Waals surface area contributed by atoms with Crippen LogP contribution in [0.5, 0.6) is 5.75 Å². The van der Waals surface area contributed by atoms with Crippen LogP contribution in [0.25, 0.3) is 0 Å². The Kier molecular flexibility index (Phi) is 3.72. The van der Waals surface area contributed by atoms with Crippen LogP contribution in [0.1, 0.15) is 24.0 Å². The first-order valence-corrected chi connectivity index (χ1v) is 7.14. The molecule has 1 aromatic heterocycles. The smallest absolute Gasteiger partial charge is 0.336 e. The van der Waals surface area contributed by atoms with Gasteiger partial charge in [-0.15, -0.1) is 0 Å². The molecule has 2 heterocycles. The zero-order valence-electron chi connectivity index (χ0n) is 13.0. The molecule has 1 aliphatic rings. The SMILES string of the molecule is COC(=O)C1=C(C)Nc2[nH]c(=O)[nH]c(=O)c2C1c1ccc(O)cc1. The molecule has 0 saturated heterocycles. The van der Waals surface area contributed by atoms with Crippen LogP contribution in [0.4, 0.5) is 5.82 Å². The molecule has 0 bridgehead atoms. The van der Waals surface area contributed by atoms with E-state index in [1.165, 1.54) is 19.2 Å². The van der Waals surface area contributed by atoms with Gasteiger partial charge in [0.15, 0.2) is 0 Å². The summed E-state index contributed by atoms with van der Waals surface area (Å²) in [7, 11) is 1.25. The van der Waals surface area contributed by atoms with Crippen LogP contribution >= 0.6 is 0 Å². The minimum absolute atomic E-state index is 0.0589. The number of carbonyl (C=O) groups is 1. The number of aromatic hydroxyl groups is 1. The Bertz CT molecular complexity index is 953. The monoisotopic (exact) mass is 329 g/mol. The van der Waals surface area contributed by atoms with Crippen molar-refractivity contribution in [3.63, 3.8) is 0 Å². The highest BCUT2D eigenvalue weighted by molar-refractivity contribution is 5.94. The van der Waals surface area contributed by atoms with Crippen LogP contribution in [0.3, 0.4) is 0 Å². The summed E-state index contributed by atoms with van der Waals surface area (Å²) >= 11 is 0. The number of ether oxygens (including phenoxy) is 1. The quantitative estimate of drug-likeness (QED) is 0.603. The number of hydrogen-bond acceptors (Lipinski definition) is 6.